The average molecular weight is 275 g/mol. The molecule has 100 valence electrons. The Kier molecular flexibility index (Phi) is 4.01. The Labute approximate surface area is 119 Å². The quantitative estimate of drug-likeness (QED) is 0.839. The molecule has 1 atom stereocenters. The molecule has 2 nitrogen and oxygen atoms in total. The van der Waals surface area contributed by atoms with Crippen molar-refractivity contribution in [2.75, 3.05) is 17.7 Å². The van der Waals surface area contributed by atoms with E-state index in [1.807, 2.05) is 30.3 Å². The number of hydrogen-bond acceptors (Lipinski definition) is 2. The van der Waals surface area contributed by atoms with Crippen LogP contribution in [0.15, 0.2) is 42.5 Å². The van der Waals surface area contributed by atoms with Crippen LogP contribution in [0, 0.1) is 6.92 Å². The van der Waals surface area contributed by atoms with Crippen molar-refractivity contribution in [3.05, 3.63) is 58.6 Å². The Balaban J connectivity index is 2.30. The van der Waals surface area contributed by atoms with Gasteiger partial charge in [0, 0.05) is 23.4 Å². The second-order valence-corrected chi connectivity index (χ2v) is 5.38. The molecule has 0 aliphatic carbocycles. The Hall–Kier alpha value is -1.67. The molecule has 2 aromatic carbocycles. The SMILES string of the molecule is Cc1cc(N)cc(N(C)C(C)c2cccc(Cl)c2)c1. The topological polar surface area (TPSA) is 29.3 Å². The van der Waals surface area contributed by atoms with E-state index in [1.54, 1.807) is 0 Å². The molecular weight excluding hydrogens is 256 g/mol. The molecule has 0 bridgehead atoms. The minimum Gasteiger partial charge on any atom is -0.399 e. The van der Waals surface area contributed by atoms with Gasteiger partial charge in [-0.25, -0.2) is 0 Å². The summed E-state index contributed by atoms with van der Waals surface area (Å²) in [5, 5.41) is 0.765. The van der Waals surface area contributed by atoms with E-state index in [9.17, 15) is 0 Å². The smallest absolute Gasteiger partial charge is 0.0511 e. The molecule has 1 unspecified atom stereocenters. The van der Waals surface area contributed by atoms with Gasteiger partial charge in [0.15, 0.2) is 0 Å². The van der Waals surface area contributed by atoms with Gasteiger partial charge in [-0.3, -0.25) is 0 Å². The molecule has 0 saturated heterocycles. The standard InChI is InChI=1S/C16H19ClN2/c1-11-7-15(18)10-16(8-11)19(3)12(2)13-5-4-6-14(17)9-13/h4-10,12H,18H2,1-3H3. The van der Waals surface area contributed by atoms with Crippen molar-refractivity contribution < 1.29 is 0 Å². The molecule has 0 aliphatic rings. The summed E-state index contributed by atoms with van der Waals surface area (Å²) in [5.41, 5.74) is 10.2. The minimum absolute atomic E-state index is 0.236. The summed E-state index contributed by atoms with van der Waals surface area (Å²) in [6.07, 6.45) is 0. The van der Waals surface area contributed by atoms with Crippen molar-refractivity contribution in [1.29, 1.82) is 0 Å². The molecule has 2 N–H and O–H groups in total. The number of hydrogen-bond donors (Lipinski definition) is 1. The summed E-state index contributed by atoms with van der Waals surface area (Å²) in [4.78, 5) is 2.20. The second kappa shape index (κ2) is 5.54. The number of benzene rings is 2. The zero-order chi connectivity index (χ0) is 14.0. The van der Waals surface area contributed by atoms with Gasteiger partial charge >= 0.3 is 0 Å². The normalized spacial score (nSPS) is 12.2. The first-order valence-electron chi connectivity index (χ1n) is 6.33. The predicted molar refractivity (Wildman–Crippen MR) is 83.9 cm³/mol. The van der Waals surface area contributed by atoms with Crippen LogP contribution in [-0.2, 0) is 0 Å². The maximum Gasteiger partial charge on any atom is 0.0511 e. The fourth-order valence-electron chi connectivity index (χ4n) is 2.21. The molecular formula is C16H19ClN2. The molecule has 0 spiro atoms. The van der Waals surface area contributed by atoms with Crippen LogP contribution in [0.3, 0.4) is 0 Å². The highest BCUT2D eigenvalue weighted by molar-refractivity contribution is 6.30. The van der Waals surface area contributed by atoms with E-state index >= 15 is 0 Å². The maximum atomic E-state index is 6.05. The average Bonchev–Trinajstić information content (AvgIpc) is 2.36. The van der Waals surface area contributed by atoms with Gasteiger partial charge in [0.1, 0.15) is 0 Å². The fraction of sp³-hybridized carbons (Fsp3) is 0.250. The second-order valence-electron chi connectivity index (χ2n) is 4.94. The van der Waals surface area contributed by atoms with Gasteiger partial charge in [-0.1, -0.05) is 23.7 Å². The van der Waals surface area contributed by atoms with Crippen molar-refractivity contribution in [2.45, 2.75) is 19.9 Å². The van der Waals surface area contributed by atoms with E-state index in [1.165, 1.54) is 11.1 Å². The van der Waals surface area contributed by atoms with Crippen LogP contribution in [-0.4, -0.2) is 7.05 Å². The molecule has 2 aromatic rings. The minimum atomic E-state index is 0.236. The van der Waals surface area contributed by atoms with Crippen LogP contribution in [0.5, 0.6) is 0 Å². The monoisotopic (exact) mass is 274 g/mol. The van der Waals surface area contributed by atoms with Gasteiger partial charge in [0.25, 0.3) is 0 Å². The maximum absolute atomic E-state index is 6.05. The summed E-state index contributed by atoms with van der Waals surface area (Å²) in [5.74, 6) is 0. The molecule has 19 heavy (non-hydrogen) atoms. The summed E-state index contributed by atoms with van der Waals surface area (Å²) in [7, 11) is 2.07. The highest BCUT2D eigenvalue weighted by Crippen LogP contribution is 2.28. The molecule has 0 aromatic heterocycles. The summed E-state index contributed by atoms with van der Waals surface area (Å²) >= 11 is 6.05. The van der Waals surface area contributed by atoms with Crippen LogP contribution in [0.25, 0.3) is 0 Å². The Morgan fingerprint density at radius 3 is 2.53 bits per heavy atom. The first kappa shape index (κ1) is 13.8. The zero-order valence-electron chi connectivity index (χ0n) is 11.5. The molecule has 2 rings (SSSR count). The fourth-order valence-corrected chi connectivity index (χ4v) is 2.41. The summed E-state index contributed by atoms with van der Waals surface area (Å²) < 4.78 is 0. The van der Waals surface area contributed by atoms with Gasteiger partial charge in [0.2, 0.25) is 0 Å². The number of anilines is 2. The third-order valence-corrected chi connectivity index (χ3v) is 3.64. The zero-order valence-corrected chi connectivity index (χ0v) is 12.3. The lowest BCUT2D eigenvalue weighted by molar-refractivity contribution is 0.740. The first-order chi connectivity index (χ1) is 8.97. The molecule has 0 aliphatic heterocycles. The van der Waals surface area contributed by atoms with Crippen LogP contribution >= 0.6 is 11.6 Å². The lowest BCUT2D eigenvalue weighted by atomic mass is 10.1. The van der Waals surface area contributed by atoms with Crippen LogP contribution < -0.4 is 10.6 Å². The molecule has 0 amide bonds. The Morgan fingerprint density at radius 1 is 1.16 bits per heavy atom. The van der Waals surface area contributed by atoms with Crippen molar-refractivity contribution in [2.24, 2.45) is 0 Å². The number of nitrogen functional groups attached to an aromatic ring is 1. The van der Waals surface area contributed by atoms with E-state index in [2.05, 4.69) is 37.9 Å². The van der Waals surface area contributed by atoms with Gasteiger partial charge in [-0.15, -0.1) is 0 Å². The number of rotatable bonds is 3. The number of aryl methyl sites for hydroxylation is 1. The summed E-state index contributed by atoms with van der Waals surface area (Å²) in [6.45, 7) is 4.21. The molecule has 0 radical (unpaired) electrons. The Morgan fingerprint density at radius 2 is 1.89 bits per heavy atom. The molecule has 0 fully saturated rings. The lowest BCUT2D eigenvalue weighted by Gasteiger charge is -2.28. The van der Waals surface area contributed by atoms with Crippen molar-refractivity contribution in [3.8, 4) is 0 Å². The van der Waals surface area contributed by atoms with Gasteiger partial charge < -0.3 is 10.6 Å². The highest BCUT2D eigenvalue weighted by atomic mass is 35.5. The summed E-state index contributed by atoms with van der Waals surface area (Å²) in [6, 6.07) is 14.3. The van der Waals surface area contributed by atoms with Gasteiger partial charge in [-0.05, 0) is 55.3 Å². The van der Waals surface area contributed by atoms with E-state index in [0.29, 0.717) is 0 Å². The molecule has 0 saturated carbocycles. The molecule has 3 heteroatoms. The third-order valence-electron chi connectivity index (χ3n) is 3.40. The van der Waals surface area contributed by atoms with Crippen LogP contribution in [0.4, 0.5) is 11.4 Å². The largest absolute Gasteiger partial charge is 0.399 e. The number of nitrogens with zero attached hydrogens (tertiary/aromatic N) is 1. The van der Waals surface area contributed by atoms with Crippen molar-refractivity contribution >= 4 is 23.0 Å². The van der Waals surface area contributed by atoms with Gasteiger partial charge in [-0.2, -0.15) is 0 Å². The lowest BCUT2D eigenvalue weighted by Crippen LogP contribution is -2.21. The predicted octanol–water partition coefficient (Wildman–Crippen LogP) is 4.43. The van der Waals surface area contributed by atoms with Gasteiger partial charge in [0.05, 0.1) is 6.04 Å². The van der Waals surface area contributed by atoms with Crippen molar-refractivity contribution in [3.63, 3.8) is 0 Å². The third kappa shape index (κ3) is 3.21. The number of halogens is 1. The van der Waals surface area contributed by atoms with Crippen LogP contribution in [0.2, 0.25) is 5.02 Å². The van der Waals surface area contributed by atoms with Crippen molar-refractivity contribution in [1.82, 2.24) is 0 Å². The first-order valence-corrected chi connectivity index (χ1v) is 6.70. The highest BCUT2D eigenvalue weighted by Gasteiger charge is 2.13. The van der Waals surface area contributed by atoms with E-state index < -0.39 is 0 Å². The number of nitrogens with two attached hydrogens (primary N) is 1. The van der Waals surface area contributed by atoms with Crippen LogP contribution in [0.1, 0.15) is 24.1 Å². The van der Waals surface area contributed by atoms with E-state index in [0.717, 1.165) is 16.4 Å². The van der Waals surface area contributed by atoms with E-state index in [4.69, 9.17) is 17.3 Å². The van der Waals surface area contributed by atoms with E-state index in [-0.39, 0.29) is 6.04 Å². The Bertz CT molecular complexity index is 560. The molecule has 0 heterocycles.